The van der Waals surface area contributed by atoms with Gasteiger partial charge in [0.15, 0.2) is 17.4 Å². The van der Waals surface area contributed by atoms with Crippen LogP contribution in [0, 0.1) is 12.7 Å². The third kappa shape index (κ3) is 2.87. The number of rotatable bonds is 2. The number of nitrogen functional groups attached to an aromatic ring is 1. The van der Waals surface area contributed by atoms with Gasteiger partial charge in [0.25, 0.3) is 5.91 Å². The van der Waals surface area contributed by atoms with E-state index in [4.69, 9.17) is 5.73 Å². The lowest BCUT2D eigenvalue weighted by Crippen LogP contribution is -2.42. The number of hydrogen-bond donors (Lipinski definition) is 1. The van der Waals surface area contributed by atoms with Crippen LogP contribution in [0.2, 0.25) is 0 Å². The Morgan fingerprint density at radius 2 is 2.03 bits per heavy atom. The molecule has 0 atom stereocenters. The molecule has 0 spiro atoms. The van der Waals surface area contributed by atoms with E-state index in [1.54, 1.807) is 37.0 Å². The summed E-state index contributed by atoms with van der Waals surface area (Å²) in [5.74, 6) is -0.955. The number of fused-ring (bicyclic) bond motifs is 3. The molecule has 1 aliphatic heterocycles. The highest BCUT2D eigenvalue weighted by atomic mass is 19.1. The first-order chi connectivity index (χ1) is 14.8. The summed E-state index contributed by atoms with van der Waals surface area (Å²) in [6.07, 6.45) is 3.05. The van der Waals surface area contributed by atoms with Gasteiger partial charge in [-0.15, -0.1) is 0 Å². The molecule has 0 unspecified atom stereocenters. The van der Waals surface area contributed by atoms with Crippen molar-refractivity contribution in [3.05, 3.63) is 53.6 Å². The topological polar surface area (TPSA) is 110 Å². The number of halogens is 1. The number of amides is 1. The zero-order valence-electron chi connectivity index (χ0n) is 16.8. The van der Waals surface area contributed by atoms with Crippen molar-refractivity contribution in [3.8, 4) is 0 Å². The molecule has 1 aliphatic rings. The lowest BCUT2D eigenvalue weighted by atomic mass is 10.0. The fourth-order valence-electron chi connectivity index (χ4n) is 3.97. The van der Waals surface area contributed by atoms with Gasteiger partial charge in [0, 0.05) is 24.2 Å². The number of Topliss-reactive ketones (excluding diaryl/α,β-unsaturated/α-hetero) is 1. The van der Waals surface area contributed by atoms with Gasteiger partial charge in [0.1, 0.15) is 18.9 Å². The van der Waals surface area contributed by atoms with Crippen LogP contribution in [-0.4, -0.2) is 49.5 Å². The predicted octanol–water partition coefficient (Wildman–Crippen LogP) is 1.99. The van der Waals surface area contributed by atoms with Gasteiger partial charge in [-0.3, -0.25) is 19.3 Å². The molecule has 0 saturated carbocycles. The van der Waals surface area contributed by atoms with Gasteiger partial charge >= 0.3 is 0 Å². The summed E-state index contributed by atoms with van der Waals surface area (Å²) in [7, 11) is 1.79. The third-order valence-electron chi connectivity index (χ3n) is 5.45. The van der Waals surface area contributed by atoms with Crippen LogP contribution in [0.3, 0.4) is 0 Å². The molecule has 10 heteroatoms. The number of aryl methyl sites for hydroxylation is 2. The smallest absolute Gasteiger partial charge is 0.273 e. The number of ketones is 1. The lowest BCUT2D eigenvalue weighted by Gasteiger charge is -2.28. The second-order valence-corrected chi connectivity index (χ2v) is 7.48. The van der Waals surface area contributed by atoms with E-state index >= 15 is 0 Å². The summed E-state index contributed by atoms with van der Waals surface area (Å²) in [6, 6.07) is 6.19. The maximum Gasteiger partial charge on any atom is 0.273 e. The molecule has 5 rings (SSSR count). The summed E-state index contributed by atoms with van der Waals surface area (Å²) in [5.41, 5.74) is 8.48. The Balaban J connectivity index is 1.65. The molecule has 156 valence electrons. The molecule has 1 amide bonds. The Kier molecular flexibility index (Phi) is 4.10. The average Bonchev–Trinajstić information content (AvgIpc) is 3.31. The van der Waals surface area contributed by atoms with E-state index in [-0.39, 0.29) is 24.7 Å². The minimum absolute atomic E-state index is 0.0661. The standard InChI is InChI=1S/C21H18FN7O2/c1-11-6-17-14(18-15(19(23)26-17)8-25-27(18)2)7-13(11)21(31)29-10-12(30)9-28(29)20-16(22)4-3-5-24-20/h3-8H,9-10H2,1-2H3,(H2,23,26). The molecule has 4 aromatic rings. The van der Waals surface area contributed by atoms with Crippen molar-refractivity contribution in [2.75, 3.05) is 23.8 Å². The first-order valence-corrected chi connectivity index (χ1v) is 9.58. The summed E-state index contributed by atoms with van der Waals surface area (Å²) >= 11 is 0. The average molecular weight is 419 g/mol. The molecule has 31 heavy (non-hydrogen) atoms. The number of carbonyl (C=O) groups is 2. The normalized spacial score (nSPS) is 14.2. The Hall–Kier alpha value is -4.08. The minimum atomic E-state index is -0.610. The van der Waals surface area contributed by atoms with Crippen LogP contribution >= 0.6 is 0 Å². The van der Waals surface area contributed by atoms with Gasteiger partial charge < -0.3 is 5.73 Å². The van der Waals surface area contributed by atoms with Gasteiger partial charge in [-0.25, -0.2) is 19.4 Å². The zero-order valence-corrected chi connectivity index (χ0v) is 16.8. The molecule has 1 fully saturated rings. The van der Waals surface area contributed by atoms with Crippen LogP contribution in [-0.2, 0) is 11.8 Å². The fourth-order valence-corrected chi connectivity index (χ4v) is 3.97. The van der Waals surface area contributed by atoms with Crippen molar-refractivity contribution in [1.29, 1.82) is 0 Å². The summed E-state index contributed by atoms with van der Waals surface area (Å²) in [5, 5.41) is 8.16. The molecule has 1 saturated heterocycles. The van der Waals surface area contributed by atoms with Gasteiger partial charge in [-0.2, -0.15) is 5.10 Å². The molecule has 0 bridgehead atoms. The third-order valence-corrected chi connectivity index (χ3v) is 5.45. The first kappa shape index (κ1) is 18.9. The number of carbonyl (C=O) groups excluding carboxylic acids is 2. The monoisotopic (exact) mass is 419 g/mol. The van der Waals surface area contributed by atoms with Crippen molar-refractivity contribution in [2.24, 2.45) is 7.05 Å². The Labute approximate surface area is 175 Å². The Morgan fingerprint density at radius 1 is 1.23 bits per heavy atom. The van der Waals surface area contributed by atoms with Gasteiger partial charge in [-0.1, -0.05) is 0 Å². The van der Waals surface area contributed by atoms with Crippen LogP contribution < -0.4 is 10.7 Å². The Morgan fingerprint density at radius 3 is 2.81 bits per heavy atom. The van der Waals surface area contributed by atoms with E-state index in [0.717, 1.165) is 5.52 Å². The van der Waals surface area contributed by atoms with Crippen molar-refractivity contribution < 1.29 is 14.0 Å². The predicted molar refractivity (Wildman–Crippen MR) is 113 cm³/mol. The van der Waals surface area contributed by atoms with Gasteiger partial charge in [0.2, 0.25) is 0 Å². The van der Waals surface area contributed by atoms with E-state index in [1.807, 2.05) is 0 Å². The molecule has 9 nitrogen and oxygen atoms in total. The molecule has 1 aromatic carbocycles. The summed E-state index contributed by atoms with van der Waals surface area (Å²) in [6.45, 7) is 1.49. The second-order valence-electron chi connectivity index (χ2n) is 7.48. The number of anilines is 2. The number of hydrogen-bond acceptors (Lipinski definition) is 7. The second kappa shape index (κ2) is 6.73. The first-order valence-electron chi connectivity index (χ1n) is 9.58. The molecular formula is C21H18FN7O2. The number of nitrogens with two attached hydrogens (primary N) is 1. The molecule has 2 N–H and O–H groups in total. The van der Waals surface area contributed by atoms with E-state index in [9.17, 15) is 14.0 Å². The van der Waals surface area contributed by atoms with Crippen LogP contribution in [0.4, 0.5) is 16.0 Å². The highest BCUT2D eigenvalue weighted by Gasteiger charge is 2.36. The van der Waals surface area contributed by atoms with Crippen molar-refractivity contribution in [1.82, 2.24) is 24.8 Å². The van der Waals surface area contributed by atoms with E-state index in [1.165, 1.54) is 28.3 Å². The highest BCUT2D eigenvalue weighted by molar-refractivity contribution is 6.11. The number of pyridine rings is 2. The summed E-state index contributed by atoms with van der Waals surface area (Å²) in [4.78, 5) is 34.1. The van der Waals surface area contributed by atoms with Crippen LogP contribution in [0.1, 0.15) is 15.9 Å². The van der Waals surface area contributed by atoms with Crippen LogP contribution in [0.15, 0.2) is 36.7 Å². The van der Waals surface area contributed by atoms with Crippen LogP contribution in [0.25, 0.3) is 21.8 Å². The summed E-state index contributed by atoms with van der Waals surface area (Å²) < 4.78 is 16.0. The number of benzene rings is 1. The number of nitrogens with zero attached hydrogens (tertiary/aromatic N) is 6. The largest absolute Gasteiger partial charge is 0.383 e. The minimum Gasteiger partial charge on any atom is -0.383 e. The maximum absolute atomic E-state index is 14.3. The Bertz CT molecular complexity index is 1400. The van der Waals surface area contributed by atoms with E-state index in [0.29, 0.717) is 33.2 Å². The van der Waals surface area contributed by atoms with Gasteiger partial charge in [0.05, 0.1) is 22.6 Å². The molecule has 4 heterocycles. The van der Waals surface area contributed by atoms with Crippen molar-refractivity contribution >= 4 is 45.1 Å². The molecular weight excluding hydrogens is 401 g/mol. The maximum atomic E-state index is 14.3. The van der Waals surface area contributed by atoms with E-state index in [2.05, 4.69) is 15.1 Å². The SMILES string of the molecule is Cc1cc2nc(N)c3cnn(C)c3c2cc1C(=O)N1CC(=O)CN1c1ncccc1F. The molecule has 0 radical (unpaired) electrons. The number of aromatic nitrogens is 4. The van der Waals surface area contributed by atoms with Crippen molar-refractivity contribution in [3.63, 3.8) is 0 Å². The quantitative estimate of drug-likeness (QED) is 0.529. The molecule has 3 aromatic heterocycles. The zero-order chi connectivity index (χ0) is 21.9. The fraction of sp³-hybridized carbons (Fsp3) is 0.190. The van der Waals surface area contributed by atoms with Crippen LogP contribution in [0.5, 0.6) is 0 Å². The van der Waals surface area contributed by atoms with Gasteiger partial charge in [-0.05, 0) is 36.8 Å². The van der Waals surface area contributed by atoms with E-state index < -0.39 is 11.7 Å². The highest BCUT2D eigenvalue weighted by Crippen LogP contribution is 2.31. The lowest BCUT2D eigenvalue weighted by molar-refractivity contribution is -0.115. The number of hydrazine groups is 1. The molecule has 0 aliphatic carbocycles. The van der Waals surface area contributed by atoms with Crippen molar-refractivity contribution in [2.45, 2.75) is 6.92 Å².